The van der Waals surface area contributed by atoms with Gasteiger partial charge in [0, 0.05) is 16.6 Å². The highest BCUT2D eigenvalue weighted by atomic mass is 79.9. The van der Waals surface area contributed by atoms with Crippen molar-refractivity contribution in [2.45, 2.75) is 64.1 Å². The summed E-state index contributed by atoms with van der Waals surface area (Å²) < 4.78 is 6.30. The van der Waals surface area contributed by atoms with E-state index in [1.54, 1.807) is 0 Å². The first-order chi connectivity index (χ1) is 10.7. The molecule has 1 aliphatic carbocycles. The van der Waals surface area contributed by atoms with Crippen molar-refractivity contribution in [1.29, 1.82) is 0 Å². The molecule has 5 nitrogen and oxygen atoms in total. The average Bonchev–Trinajstić information content (AvgIpc) is 2.40. The smallest absolute Gasteiger partial charge is 0.407 e. The zero-order valence-electron chi connectivity index (χ0n) is 14.0. The molecule has 0 bridgehead atoms. The Balaban J connectivity index is 1.89. The van der Waals surface area contributed by atoms with E-state index in [9.17, 15) is 4.79 Å². The molecule has 1 amide bonds. The molecular formula is C17H26BrN3O2. The number of benzene rings is 1. The summed E-state index contributed by atoms with van der Waals surface area (Å²) in [6, 6.07) is 6.27. The van der Waals surface area contributed by atoms with Crippen LogP contribution in [0.3, 0.4) is 0 Å². The van der Waals surface area contributed by atoms with Crippen molar-refractivity contribution < 1.29 is 9.53 Å². The number of carbonyl (C=O) groups excluding carboxylic acids is 1. The van der Waals surface area contributed by atoms with Gasteiger partial charge in [0.25, 0.3) is 0 Å². The number of anilines is 2. The highest BCUT2D eigenvalue weighted by Crippen LogP contribution is 2.27. The standard InChI is InChI=1S/C17H26BrN3O2/c1-17(2,3)23-16(22)21-13-6-4-5-12(10-13)20-15-8-7-11(18)9-14(15)19/h7-9,12-13,20H,4-6,10,19H2,1-3H3,(H,21,22)/t12-,13+/m0/s1. The Morgan fingerprint density at radius 3 is 2.65 bits per heavy atom. The first-order valence-corrected chi connectivity index (χ1v) is 8.83. The van der Waals surface area contributed by atoms with Crippen molar-refractivity contribution in [3.05, 3.63) is 22.7 Å². The molecule has 0 heterocycles. The van der Waals surface area contributed by atoms with Crippen LogP contribution in [0.15, 0.2) is 22.7 Å². The molecule has 0 aliphatic heterocycles. The lowest BCUT2D eigenvalue weighted by molar-refractivity contribution is 0.0492. The first-order valence-electron chi connectivity index (χ1n) is 8.04. The molecule has 2 atom stereocenters. The van der Waals surface area contributed by atoms with E-state index in [2.05, 4.69) is 26.6 Å². The number of carbonyl (C=O) groups is 1. The summed E-state index contributed by atoms with van der Waals surface area (Å²) in [5.41, 5.74) is 7.24. The Hall–Kier alpha value is -1.43. The van der Waals surface area contributed by atoms with Crippen LogP contribution in [-0.4, -0.2) is 23.8 Å². The maximum absolute atomic E-state index is 11.9. The third-order valence-corrected chi connectivity index (χ3v) is 4.26. The van der Waals surface area contributed by atoms with Crippen LogP contribution in [0.5, 0.6) is 0 Å². The van der Waals surface area contributed by atoms with Crippen molar-refractivity contribution in [2.75, 3.05) is 11.1 Å². The molecule has 0 saturated heterocycles. The fourth-order valence-corrected chi connectivity index (χ4v) is 3.19. The maximum Gasteiger partial charge on any atom is 0.407 e. The number of alkyl carbamates (subject to hydrolysis) is 1. The molecular weight excluding hydrogens is 358 g/mol. The Morgan fingerprint density at radius 1 is 1.30 bits per heavy atom. The summed E-state index contributed by atoms with van der Waals surface area (Å²) in [5, 5.41) is 6.46. The van der Waals surface area contributed by atoms with Gasteiger partial charge in [0.15, 0.2) is 0 Å². The minimum atomic E-state index is -0.470. The lowest BCUT2D eigenvalue weighted by atomic mass is 9.91. The molecule has 0 unspecified atom stereocenters. The second-order valence-electron chi connectivity index (χ2n) is 7.08. The monoisotopic (exact) mass is 383 g/mol. The molecule has 1 aromatic rings. The van der Waals surface area contributed by atoms with Gasteiger partial charge in [-0.3, -0.25) is 0 Å². The lowest BCUT2D eigenvalue weighted by Crippen LogP contribution is -2.43. The first kappa shape index (κ1) is 17.9. The van der Waals surface area contributed by atoms with Gasteiger partial charge >= 0.3 is 6.09 Å². The maximum atomic E-state index is 11.9. The third-order valence-electron chi connectivity index (χ3n) is 3.77. The number of nitrogen functional groups attached to an aromatic ring is 1. The summed E-state index contributed by atoms with van der Waals surface area (Å²) >= 11 is 3.41. The Kier molecular flexibility index (Phi) is 5.79. The number of halogens is 1. The van der Waals surface area contributed by atoms with Crippen molar-refractivity contribution in [3.63, 3.8) is 0 Å². The summed E-state index contributed by atoms with van der Waals surface area (Å²) in [4.78, 5) is 11.9. The van der Waals surface area contributed by atoms with E-state index in [1.807, 2.05) is 39.0 Å². The van der Waals surface area contributed by atoms with Crippen LogP contribution in [-0.2, 0) is 4.74 Å². The predicted molar refractivity (Wildman–Crippen MR) is 97.6 cm³/mol. The van der Waals surface area contributed by atoms with Gasteiger partial charge in [0.2, 0.25) is 0 Å². The Bertz CT molecular complexity index is 557. The summed E-state index contributed by atoms with van der Waals surface area (Å²) in [6.07, 6.45) is 3.64. The van der Waals surface area contributed by atoms with E-state index in [-0.39, 0.29) is 12.1 Å². The van der Waals surface area contributed by atoms with Gasteiger partial charge in [-0.15, -0.1) is 0 Å². The predicted octanol–water partition coefficient (Wildman–Crippen LogP) is 4.28. The lowest BCUT2D eigenvalue weighted by Gasteiger charge is -2.32. The largest absolute Gasteiger partial charge is 0.444 e. The number of nitrogens with two attached hydrogens (primary N) is 1. The van der Waals surface area contributed by atoms with Crippen molar-refractivity contribution in [1.82, 2.24) is 5.32 Å². The SMILES string of the molecule is CC(C)(C)OC(=O)N[C@@H]1CCC[C@H](Nc2ccc(Br)cc2N)C1. The number of nitrogens with one attached hydrogen (secondary N) is 2. The molecule has 23 heavy (non-hydrogen) atoms. The van der Waals surface area contributed by atoms with Crippen LogP contribution in [0.4, 0.5) is 16.2 Å². The molecule has 1 saturated carbocycles. The van der Waals surface area contributed by atoms with Gasteiger partial charge in [0.1, 0.15) is 5.60 Å². The van der Waals surface area contributed by atoms with Gasteiger partial charge in [0.05, 0.1) is 11.4 Å². The van der Waals surface area contributed by atoms with Crippen LogP contribution < -0.4 is 16.4 Å². The number of rotatable bonds is 3. The number of amides is 1. The van der Waals surface area contributed by atoms with E-state index >= 15 is 0 Å². The van der Waals surface area contributed by atoms with Crippen LogP contribution >= 0.6 is 15.9 Å². The number of hydrogen-bond donors (Lipinski definition) is 3. The van der Waals surface area contributed by atoms with E-state index in [1.165, 1.54) is 0 Å². The average molecular weight is 384 g/mol. The third kappa shape index (κ3) is 5.94. The van der Waals surface area contributed by atoms with Gasteiger partial charge in [-0.1, -0.05) is 15.9 Å². The van der Waals surface area contributed by atoms with Crippen molar-refractivity contribution in [2.24, 2.45) is 0 Å². The van der Waals surface area contributed by atoms with Crippen molar-refractivity contribution >= 4 is 33.4 Å². The summed E-state index contributed by atoms with van der Waals surface area (Å²) in [6.45, 7) is 5.61. The molecule has 1 aromatic carbocycles. The molecule has 0 spiro atoms. The van der Waals surface area contributed by atoms with Gasteiger partial charge in [-0.2, -0.15) is 0 Å². The van der Waals surface area contributed by atoms with Crippen LogP contribution in [0.25, 0.3) is 0 Å². The van der Waals surface area contributed by atoms with Crippen LogP contribution in [0.1, 0.15) is 46.5 Å². The minimum Gasteiger partial charge on any atom is -0.444 e. The van der Waals surface area contributed by atoms with E-state index < -0.39 is 5.60 Å². The molecule has 128 valence electrons. The summed E-state index contributed by atoms with van der Waals surface area (Å²) in [5.74, 6) is 0. The van der Waals surface area contributed by atoms with Crippen LogP contribution in [0.2, 0.25) is 0 Å². The Labute approximate surface area is 146 Å². The second-order valence-corrected chi connectivity index (χ2v) is 8.00. The molecule has 0 aromatic heterocycles. The van der Waals surface area contributed by atoms with Gasteiger partial charge in [-0.25, -0.2) is 4.79 Å². The van der Waals surface area contributed by atoms with Crippen molar-refractivity contribution in [3.8, 4) is 0 Å². The molecule has 2 rings (SSSR count). The molecule has 6 heteroatoms. The van der Waals surface area contributed by atoms with E-state index in [0.717, 1.165) is 41.5 Å². The molecule has 4 N–H and O–H groups in total. The zero-order valence-corrected chi connectivity index (χ0v) is 15.6. The molecule has 1 fully saturated rings. The fourth-order valence-electron chi connectivity index (χ4n) is 2.81. The second kappa shape index (κ2) is 7.43. The number of ether oxygens (including phenoxy) is 1. The van der Waals surface area contributed by atoms with Gasteiger partial charge in [-0.05, 0) is 64.7 Å². The minimum absolute atomic E-state index is 0.132. The quantitative estimate of drug-likeness (QED) is 0.680. The zero-order chi connectivity index (χ0) is 17.0. The molecule has 0 radical (unpaired) electrons. The molecule has 1 aliphatic rings. The highest BCUT2D eigenvalue weighted by Gasteiger charge is 2.25. The fraction of sp³-hybridized carbons (Fsp3) is 0.588. The normalized spacial score (nSPS) is 21.6. The van der Waals surface area contributed by atoms with Crippen LogP contribution in [0, 0.1) is 0 Å². The topological polar surface area (TPSA) is 76.4 Å². The summed E-state index contributed by atoms with van der Waals surface area (Å²) in [7, 11) is 0. The van der Waals surface area contributed by atoms with E-state index in [4.69, 9.17) is 10.5 Å². The van der Waals surface area contributed by atoms with E-state index in [0.29, 0.717) is 6.04 Å². The number of hydrogen-bond acceptors (Lipinski definition) is 4. The highest BCUT2D eigenvalue weighted by molar-refractivity contribution is 9.10. The van der Waals surface area contributed by atoms with Gasteiger partial charge < -0.3 is 21.1 Å². The Morgan fingerprint density at radius 2 is 2.00 bits per heavy atom.